The van der Waals surface area contributed by atoms with Crippen LogP contribution in [0.3, 0.4) is 0 Å². The number of nitrogen functional groups attached to an aromatic ring is 1. The van der Waals surface area contributed by atoms with Crippen LogP contribution in [0.25, 0.3) is 17.2 Å². The van der Waals surface area contributed by atoms with Crippen LogP contribution in [0.2, 0.25) is 0 Å². The van der Waals surface area contributed by atoms with Crippen molar-refractivity contribution in [1.82, 2.24) is 19.6 Å². The lowest BCUT2D eigenvalue weighted by molar-refractivity contribution is 0.529. The summed E-state index contributed by atoms with van der Waals surface area (Å²) < 4.78 is 7.33. The van der Waals surface area contributed by atoms with Crippen molar-refractivity contribution in [2.24, 2.45) is 0 Å². The van der Waals surface area contributed by atoms with Crippen molar-refractivity contribution in [3.63, 3.8) is 0 Å². The maximum Gasteiger partial charge on any atom is 0.206 e. The summed E-state index contributed by atoms with van der Waals surface area (Å²) >= 11 is 0. The minimum atomic E-state index is 0.609. The van der Waals surface area contributed by atoms with Crippen molar-refractivity contribution in [3.8, 4) is 11.6 Å². The van der Waals surface area contributed by atoms with E-state index in [9.17, 15) is 0 Å². The molecule has 0 aliphatic carbocycles. The Balaban J connectivity index is 2.30. The number of hydrogen-bond donors (Lipinski definition) is 1. The standard InChI is InChI=1S/C11H11N5O/c1-6-10(17-7(2)13-6)11-15-14-9-4-3-8(12)5-16(9)11/h3-5H,12H2,1-2H3. The van der Waals surface area contributed by atoms with Crippen molar-refractivity contribution in [2.75, 3.05) is 5.73 Å². The van der Waals surface area contributed by atoms with Gasteiger partial charge in [0.15, 0.2) is 17.3 Å². The predicted octanol–water partition coefficient (Wildman–Crippen LogP) is 1.58. The minimum absolute atomic E-state index is 0.609. The van der Waals surface area contributed by atoms with Gasteiger partial charge in [0.25, 0.3) is 0 Å². The van der Waals surface area contributed by atoms with E-state index in [0.717, 1.165) is 11.3 Å². The van der Waals surface area contributed by atoms with Gasteiger partial charge in [-0.2, -0.15) is 0 Å². The van der Waals surface area contributed by atoms with Crippen LogP contribution < -0.4 is 5.73 Å². The van der Waals surface area contributed by atoms with Crippen LogP contribution in [0.5, 0.6) is 0 Å². The molecule has 0 atom stereocenters. The van der Waals surface area contributed by atoms with Crippen LogP contribution in [0.4, 0.5) is 5.69 Å². The predicted molar refractivity (Wildman–Crippen MR) is 62.4 cm³/mol. The molecule has 0 aromatic carbocycles. The zero-order valence-corrected chi connectivity index (χ0v) is 9.51. The van der Waals surface area contributed by atoms with Crippen molar-refractivity contribution in [3.05, 3.63) is 29.9 Å². The van der Waals surface area contributed by atoms with E-state index >= 15 is 0 Å². The topological polar surface area (TPSA) is 82.2 Å². The third-order valence-electron chi connectivity index (χ3n) is 2.53. The SMILES string of the molecule is Cc1nc(C)c(-c2nnc3ccc(N)cn23)o1. The molecule has 3 rings (SSSR count). The summed E-state index contributed by atoms with van der Waals surface area (Å²) in [6.45, 7) is 3.67. The van der Waals surface area contributed by atoms with Crippen molar-refractivity contribution >= 4 is 11.3 Å². The highest BCUT2D eigenvalue weighted by atomic mass is 16.4. The fourth-order valence-electron chi connectivity index (χ4n) is 1.80. The van der Waals surface area contributed by atoms with Gasteiger partial charge in [0.1, 0.15) is 0 Å². The number of rotatable bonds is 1. The number of nitrogens with two attached hydrogens (primary N) is 1. The largest absolute Gasteiger partial charge is 0.437 e. The van der Waals surface area contributed by atoms with Gasteiger partial charge in [-0.15, -0.1) is 10.2 Å². The Labute approximate surface area is 97.1 Å². The molecule has 6 heteroatoms. The molecule has 86 valence electrons. The van der Waals surface area contributed by atoms with Crippen molar-refractivity contribution in [2.45, 2.75) is 13.8 Å². The normalized spacial score (nSPS) is 11.2. The molecule has 3 aromatic heterocycles. The van der Waals surface area contributed by atoms with Gasteiger partial charge in [0, 0.05) is 18.8 Å². The lowest BCUT2D eigenvalue weighted by Gasteiger charge is -1.98. The fraction of sp³-hybridized carbons (Fsp3) is 0.182. The van der Waals surface area contributed by atoms with Gasteiger partial charge in [0.2, 0.25) is 5.82 Å². The number of anilines is 1. The van der Waals surface area contributed by atoms with Gasteiger partial charge in [0.05, 0.1) is 5.69 Å². The Kier molecular flexibility index (Phi) is 1.91. The summed E-state index contributed by atoms with van der Waals surface area (Å²) in [6, 6.07) is 3.59. The highest BCUT2D eigenvalue weighted by Gasteiger charge is 2.16. The molecule has 17 heavy (non-hydrogen) atoms. The smallest absolute Gasteiger partial charge is 0.206 e. The monoisotopic (exact) mass is 229 g/mol. The molecule has 0 aliphatic rings. The molecular weight excluding hydrogens is 218 g/mol. The first-order valence-electron chi connectivity index (χ1n) is 5.20. The Hall–Kier alpha value is -2.37. The third-order valence-corrected chi connectivity index (χ3v) is 2.53. The lowest BCUT2D eigenvalue weighted by atomic mass is 10.3. The van der Waals surface area contributed by atoms with E-state index in [1.165, 1.54) is 0 Å². The zero-order chi connectivity index (χ0) is 12.0. The molecule has 0 fully saturated rings. The average molecular weight is 229 g/mol. The van der Waals surface area contributed by atoms with Crippen LogP contribution in [-0.2, 0) is 0 Å². The van der Waals surface area contributed by atoms with Crippen LogP contribution in [-0.4, -0.2) is 19.6 Å². The van der Waals surface area contributed by atoms with Gasteiger partial charge >= 0.3 is 0 Å². The first kappa shape index (κ1) is 9.83. The summed E-state index contributed by atoms with van der Waals surface area (Å²) in [5.74, 6) is 1.85. The third kappa shape index (κ3) is 1.45. The van der Waals surface area contributed by atoms with Gasteiger partial charge in [-0.05, 0) is 19.1 Å². The van der Waals surface area contributed by atoms with Gasteiger partial charge in [-0.25, -0.2) is 4.98 Å². The molecule has 3 aromatic rings. The number of aromatic nitrogens is 4. The van der Waals surface area contributed by atoms with Crippen LogP contribution >= 0.6 is 0 Å². The molecule has 6 nitrogen and oxygen atoms in total. The summed E-state index contributed by atoms with van der Waals surface area (Å²) in [4.78, 5) is 4.22. The zero-order valence-electron chi connectivity index (χ0n) is 9.51. The van der Waals surface area contributed by atoms with Crippen LogP contribution in [0, 0.1) is 13.8 Å². The lowest BCUT2D eigenvalue weighted by Crippen LogP contribution is -1.93. The molecule has 0 bridgehead atoms. The minimum Gasteiger partial charge on any atom is -0.437 e. The molecular formula is C11H11N5O. The van der Waals surface area contributed by atoms with Crippen molar-refractivity contribution < 1.29 is 4.42 Å². The van der Waals surface area contributed by atoms with E-state index in [2.05, 4.69) is 15.2 Å². The maximum absolute atomic E-state index is 5.75. The molecule has 0 saturated heterocycles. The molecule has 0 radical (unpaired) electrons. The van der Waals surface area contributed by atoms with E-state index in [-0.39, 0.29) is 0 Å². The summed E-state index contributed by atoms with van der Waals surface area (Å²) in [7, 11) is 0. The van der Waals surface area contributed by atoms with E-state index in [4.69, 9.17) is 10.2 Å². The van der Waals surface area contributed by atoms with E-state index < -0.39 is 0 Å². The molecule has 0 unspecified atom stereocenters. The fourth-order valence-corrected chi connectivity index (χ4v) is 1.80. The average Bonchev–Trinajstić information content (AvgIpc) is 2.81. The molecule has 3 heterocycles. The van der Waals surface area contributed by atoms with Crippen molar-refractivity contribution in [1.29, 1.82) is 0 Å². The molecule has 0 saturated carbocycles. The van der Waals surface area contributed by atoms with E-state index in [0.29, 0.717) is 23.2 Å². The first-order valence-corrected chi connectivity index (χ1v) is 5.20. The number of pyridine rings is 1. The Morgan fingerprint density at radius 3 is 2.76 bits per heavy atom. The second-order valence-electron chi connectivity index (χ2n) is 3.86. The molecule has 0 spiro atoms. The molecule has 0 aliphatic heterocycles. The van der Waals surface area contributed by atoms with Crippen LogP contribution in [0.15, 0.2) is 22.7 Å². The van der Waals surface area contributed by atoms with Gasteiger partial charge < -0.3 is 10.2 Å². The van der Waals surface area contributed by atoms with Gasteiger partial charge in [-0.1, -0.05) is 0 Å². The molecule has 2 N–H and O–H groups in total. The van der Waals surface area contributed by atoms with E-state index in [1.807, 2.05) is 13.0 Å². The Bertz CT molecular complexity index is 697. The number of fused-ring (bicyclic) bond motifs is 1. The summed E-state index contributed by atoms with van der Waals surface area (Å²) in [5, 5.41) is 8.16. The second kappa shape index (κ2) is 3.31. The Morgan fingerprint density at radius 2 is 2.06 bits per heavy atom. The second-order valence-corrected chi connectivity index (χ2v) is 3.86. The first-order chi connectivity index (χ1) is 8.15. The quantitative estimate of drug-likeness (QED) is 0.685. The highest BCUT2D eigenvalue weighted by Crippen LogP contribution is 2.23. The highest BCUT2D eigenvalue weighted by molar-refractivity contribution is 5.58. The Morgan fingerprint density at radius 1 is 1.24 bits per heavy atom. The summed E-state index contributed by atoms with van der Waals surface area (Å²) in [5.41, 5.74) is 7.91. The van der Waals surface area contributed by atoms with Crippen LogP contribution in [0.1, 0.15) is 11.6 Å². The number of hydrogen-bond acceptors (Lipinski definition) is 5. The number of nitrogens with zero attached hydrogens (tertiary/aromatic N) is 4. The number of aryl methyl sites for hydroxylation is 2. The molecule has 0 amide bonds. The van der Waals surface area contributed by atoms with Gasteiger partial charge in [-0.3, -0.25) is 4.40 Å². The maximum atomic E-state index is 5.75. The number of oxazole rings is 1. The summed E-state index contributed by atoms with van der Waals surface area (Å²) in [6.07, 6.45) is 1.77. The van der Waals surface area contributed by atoms with E-state index in [1.54, 1.807) is 23.6 Å².